The van der Waals surface area contributed by atoms with E-state index >= 15 is 0 Å². The molecule has 2 aromatic carbocycles. The second-order valence-electron chi connectivity index (χ2n) is 5.15. The van der Waals surface area contributed by atoms with Gasteiger partial charge in [-0.1, -0.05) is 11.8 Å². The zero-order chi connectivity index (χ0) is 19.6. The molecule has 0 aliphatic carbocycles. The van der Waals surface area contributed by atoms with Gasteiger partial charge in [0.2, 0.25) is 5.75 Å². The first kappa shape index (κ1) is 19.8. The van der Waals surface area contributed by atoms with Crippen LogP contribution in [0.5, 0.6) is 23.0 Å². The number of rotatable bonds is 6. The predicted molar refractivity (Wildman–Crippen MR) is 101 cm³/mol. The first-order chi connectivity index (χ1) is 13.1. The number of hydrogen-bond donors (Lipinski definition) is 1. The smallest absolute Gasteiger partial charge is 0.412 e. The van der Waals surface area contributed by atoms with Crippen LogP contribution in [0.15, 0.2) is 36.4 Å². The Hall–Kier alpha value is -3.53. The van der Waals surface area contributed by atoms with Crippen molar-refractivity contribution in [3.63, 3.8) is 0 Å². The van der Waals surface area contributed by atoms with E-state index in [0.717, 1.165) is 11.3 Å². The molecule has 0 radical (unpaired) electrons. The van der Waals surface area contributed by atoms with E-state index in [9.17, 15) is 4.79 Å². The van der Waals surface area contributed by atoms with Crippen LogP contribution in [0, 0.1) is 11.8 Å². The number of methoxy groups -OCH3 is 4. The van der Waals surface area contributed by atoms with Gasteiger partial charge in [0.25, 0.3) is 0 Å². The maximum absolute atomic E-state index is 11.9. The molecule has 0 saturated carbocycles. The van der Waals surface area contributed by atoms with Gasteiger partial charge in [0.05, 0.1) is 34.1 Å². The number of benzene rings is 2. The second-order valence-corrected chi connectivity index (χ2v) is 5.15. The third-order valence-corrected chi connectivity index (χ3v) is 3.51. The summed E-state index contributed by atoms with van der Waals surface area (Å²) in [6.45, 7) is -0.0533. The predicted octanol–water partition coefficient (Wildman–Crippen LogP) is 3.32. The van der Waals surface area contributed by atoms with Crippen molar-refractivity contribution in [3.8, 4) is 34.8 Å². The van der Waals surface area contributed by atoms with E-state index in [1.54, 1.807) is 19.2 Å². The molecule has 0 aliphatic heterocycles. The zero-order valence-electron chi connectivity index (χ0n) is 15.6. The van der Waals surface area contributed by atoms with E-state index in [1.165, 1.54) is 21.3 Å². The minimum absolute atomic E-state index is 0.0533. The quantitative estimate of drug-likeness (QED) is 0.785. The van der Waals surface area contributed by atoms with Gasteiger partial charge in [-0.3, -0.25) is 5.32 Å². The Kier molecular flexibility index (Phi) is 7.20. The fraction of sp³-hybridized carbons (Fsp3) is 0.250. The summed E-state index contributed by atoms with van der Waals surface area (Å²) in [4.78, 5) is 11.9. The fourth-order valence-electron chi connectivity index (χ4n) is 2.22. The van der Waals surface area contributed by atoms with E-state index in [-0.39, 0.29) is 6.61 Å². The number of nitrogens with one attached hydrogen (secondary N) is 1. The molecule has 7 heteroatoms. The standard InChI is InChI=1S/C20H21NO6/c1-23-16-9-7-14(8-10-16)6-5-11-27-20(22)21-15-12-17(24-2)19(26-4)18(13-15)25-3/h7-10,12-13H,11H2,1-4H3,(H,21,22). The largest absolute Gasteiger partial charge is 0.497 e. The molecule has 142 valence electrons. The van der Waals surface area contributed by atoms with E-state index in [0.29, 0.717) is 22.9 Å². The molecule has 7 nitrogen and oxygen atoms in total. The number of ether oxygens (including phenoxy) is 5. The summed E-state index contributed by atoms with van der Waals surface area (Å²) >= 11 is 0. The van der Waals surface area contributed by atoms with Gasteiger partial charge in [-0.25, -0.2) is 4.79 Å². The zero-order valence-corrected chi connectivity index (χ0v) is 15.6. The summed E-state index contributed by atoms with van der Waals surface area (Å²) in [5.41, 5.74) is 1.24. The van der Waals surface area contributed by atoms with E-state index < -0.39 is 6.09 Å². The number of amides is 1. The van der Waals surface area contributed by atoms with Crippen molar-refractivity contribution in [2.24, 2.45) is 0 Å². The maximum atomic E-state index is 11.9. The van der Waals surface area contributed by atoms with Crippen molar-refractivity contribution in [1.82, 2.24) is 0 Å². The third-order valence-electron chi connectivity index (χ3n) is 3.51. The van der Waals surface area contributed by atoms with Gasteiger partial charge < -0.3 is 23.7 Å². The lowest BCUT2D eigenvalue weighted by atomic mass is 10.2. The molecular weight excluding hydrogens is 350 g/mol. The summed E-state index contributed by atoms with van der Waals surface area (Å²) < 4.78 is 25.8. The molecule has 0 atom stereocenters. The lowest BCUT2D eigenvalue weighted by Crippen LogP contribution is -2.14. The van der Waals surface area contributed by atoms with Crippen molar-refractivity contribution in [1.29, 1.82) is 0 Å². The highest BCUT2D eigenvalue weighted by molar-refractivity contribution is 5.86. The highest BCUT2D eigenvalue weighted by atomic mass is 16.5. The van der Waals surface area contributed by atoms with Gasteiger partial charge in [-0.15, -0.1) is 0 Å². The summed E-state index contributed by atoms with van der Waals surface area (Å²) in [6.07, 6.45) is -0.645. The number of anilines is 1. The molecule has 0 saturated heterocycles. The van der Waals surface area contributed by atoms with E-state index in [2.05, 4.69) is 17.2 Å². The fourth-order valence-corrected chi connectivity index (χ4v) is 2.22. The molecule has 2 rings (SSSR count). The first-order valence-corrected chi connectivity index (χ1v) is 7.98. The van der Waals surface area contributed by atoms with Crippen molar-refractivity contribution in [3.05, 3.63) is 42.0 Å². The summed E-state index contributed by atoms with van der Waals surface area (Å²) in [7, 11) is 6.09. The van der Waals surface area contributed by atoms with Gasteiger partial charge in [0, 0.05) is 17.7 Å². The van der Waals surface area contributed by atoms with Crippen LogP contribution in [0.3, 0.4) is 0 Å². The second kappa shape index (κ2) is 9.82. The summed E-state index contributed by atoms with van der Waals surface area (Å²) in [5.74, 6) is 7.71. The number of carbonyl (C=O) groups is 1. The van der Waals surface area contributed by atoms with Crippen LogP contribution in [-0.4, -0.2) is 41.1 Å². The van der Waals surface area contributed by atoms with Crippen LogP contribution in [-0.2, 0) is 4.74 Å². The van der Waals surface area contributed by atoms with Gasteiger partial charge in [0.1, 0.15) is 5.75 Å². The number of hydrogen-bond acceptors (Lipinski definition) is 6. The van der Waals surface area contributed by atoms with Crippen molar-refractivity contribution < 1.29 is 28.5 Å². The molecular formula is C20H21NO6. The SMILES string of the molecule is COc1ccc(C#CCOC(=O)Nc2cc(OC)c(OC)c(OC)c2)cc1. The molecule has 0 unspecified atom stereocenters. The van der Waals surface area contributed by atoms with E-state index in [1.807, 2.05) is 24.3 Å². The van der Waals surface area contributed by atoms with Crippen LogP contribution >= 0.6 is 0 Å². The Bertz CT molecular complexity index is 811. The number of carbonyl (C=O) groups excluding carboxylic acids is 1. The Labute approximate surface area is 158 Å². The van der Waals surface area contributed by atoms with Gasteiger partial charge in [-0.05, 0) is 24.3 Å². The lowest BCUT2D eigenvalue weighted by Gasteiger charge is -2.14. The Morgan fingerprint density at radius 1 is 0.926 bits per heavy atom. The van der Waals surface area contributed by atoms with Crippen LogP contribution in [0.1, 0.15) is 5.56 Å². The molecule has 0 bridgehead atoms. The van der Waals surface area contributed by atoms with Gasteiger partial charge in [-0.2, -0.15) is 0 Å². The molecule has 0 aromatic heterocycles. The Morgan fingerprint density at radius 2 is 1.56 bits per heavy atom. The molecule has 1 N–H and O–H groups in total. The Morgan fingerprint density at radius 3 is 2.07 bits per heavy atom. The van der Waals surface area contributed by atoms with Crippen LogP contribution < -0.4 is 24.3 Å². The van der Waals surface area contributed by atoms with Crippen LogP contribution in [0.2, 0.25) is 0 Å². The van der Waals surface area contributed by atoms with Gasteiger partial charge >= 0.3 is 6.09 Å². The molecule has 1 amide bonds. The monoisotopic (exact) mass is 371 g/mol. The average Bonchev–Trinajstić information content (AvgIpc) is 2.70. The molecule has 0 fully saturated rings. The average molecular weight is 371 g/mol. The third kappa shape index (κ3) is 5.47. The highest BCUT2D eigenvalue weighted by Crippen LogP contribution is 2.39. The minimum atomic E-state index is -0.645. The Balaban J connectivity index is 1.95. The minimum Gasteiger partial charge on any atom is -0.497 e. The van der Waals surface area contributed by atoms with Crippen molar-refractivity contribution in [2.45, 2.75) is 0 Å². The molecule has 27 heavy (non-hydrogen) atoms. The molecule has 2 aromatic rings. The van der Waals surface area contributed by atoms with Gasteiger partial charge in [0.15, 0.2) is 18.1 Å². The van der Waals surface area contributed by atoms with Crippen molar-refractivity contribution >= 4 is 11.8 Å². The lowest BCUT2D eigenvalue weighted by molar-refractivity contribution is 0.176. The maximum Gasteiger partial charge on any atom is 0.412 e. The van der Waals surface area contributed by atoms with Crippen molar-refractivity contribution in [2.75, 3.05) is 40.4 Å². The molecule has 0 aliphatic rings. The topological polar surface area (TPSA) is 75.3 Å². The van der Waals surface area contributed by atoms with E-state index in [4.69, 9.17) is 23.7 Å². The van der Waals surface area contributed by atoms with Crippen LogP contribution in [0.25, 0.3) is 0 Å². The first-order valence-electron chi connectivity index (χ1n) is 7.98. The summed E-state index contributed by atoms with van der Waals surface area (Å²) in [6, 6.07) is 10.5. The highest BCUT2D eigenvalue weighted by Gasteiger charge is 2.14. The van der Waals surface area contributed by atoms with Crippen LogP contribution in [0.4, 0.5) is 10.5 Å². The normalized spacial score (nSPS) is 9.48. The summed E-state index contributed by atoms with van der Waals surface area (Å²) in [5, 5.41) is 2.60. The molecule has 0 spiro atoms. The molecule has 0 heterocycles.